The van der Waals surface area contributed by atoms with E-state index in [9.17, 15) is 4.79 Å². The van der Waals surface area contributed by atoms with Crippen LogP contribution in [0.15, 0.2) is 18.5 Å². The van der Waals surface area contributed by atoms with Crippen molar-refractivity contribution in [3.63, 3.8) is 0 Å². The second-order valence-electron chi connectivity index (χ2n) is 6.13. The van der Waals surface area contributed by atoms with Gasteiger partial charge in [-0.1, -0.05) is 12.8 Å². The molecule has 1 aliphatic carbocycles. The average molecular weight is 349 g/mol. The molecular weight excluding hydrogens is 323 g/mol. The zero-order valence-corrected chi connectivity index (χ0v) is 14.6. The van der Waals surface area contributed by atoms with E-state index in [1.165, 1.54) is 25.7 Å². The predicted octanol–water partition coefficient (Wildman–Crippen LogP) is 2.11. The van der Waals surface area contributed by atoms with E-state index in [4.69, 9.17) is 0 Å². The minimum absolute atomic E-state index is 0. The summed E-state index contributed by atoms with van der Waals surface area (Å²) >= 11 is 0. The molecule has 1 aliphatic heterocycles. The van der Waals surface area contributed by atoms with Gasteiger partial charge in [0.2, 0.25) is 5.91 Å². The van der Waals surface area contributed by atoms with Crippen molar-refractivity contribution in [2.24, 2.45) is 5.92 Å². The van der Waals surface area contributed by atoms with Crippen molar-refractivity contribution in [3.05, 3.63) is 18.5 Å². The number of hydrogen-bond acceptors (Lipinski definition) is 3. The zero-order valence-electron chi connectivity index (χ0n) is 13.0. The number of nitrogens with zero attached hydrogens (tertiary/aromatic N) is 3. The Kier molecular flexibility index (Phi) is 7.66. The fourth-order valence-electron chi connectivity index (χ4n) is 3.57. The Balaban J connectivity index is 0.00000121. The lowest BCUT2D eigenvalue weighted by Gasteiger charge is -2.24. The molecule has 22 heavy (non-hydrogen) atoms. The van der Waals surface area contributed by atoms with Gasteiger partial charge in [0.1, 0.15) is 0 Å². The molecule has 3 unspecified atom stereocenters. The molecule has 0 aromatic carbocycles. The first-order valence-corrected chi connectivity index (χ1v) is 7.72. The average Bonchev–Trinajstić information content (AvgIpc) is 3.12. The molecule has 7 heteroatoms. The van der Waals surface area contributed by atoms with Crippen LogP contribution >= 0.6 is 24.8 Å². The van der Waals surface area contributed by atoms with Crippen LogP contribution in [-0.2, 0) is 11.3 Å². The summed E-state index contributed by atoms with van der Waals surface area (Å²) < 4.78 is 1.87. The summed E-state index contributed by atoms with van der Waals surface area (Å²) in [6.45, 7) is 1.48. The van der Waals surface area contributed by atoms with Crippen LogP contribution in [0.5, 0.6) is 0 Å². The van der Waals surface area contributed by atoms with E-state index in [1.54, 1.807) is 6.20 Å². The third-order valence-electron chi connectivity index (χ3n) is 4.76. The van der Waals surface area contributed by atoms with Crippen LogP contribution in [0, 0.1) is 5.92 Å². The molecule has 5 nitrogen and oxygen atoms in total. The van der Waals surface area contributed by atoms with Crippen molar-refractivity contribution in [2.45, 2.75) is 50.7 Å². The number of aromatic nitrogens is 2. The molecular formula is C15H26Cl2N4O. The number of amides is 1. The summed E-state index contributed by atoms with van der Waals surface area (Å²) in [5.74, 6) is 0.962. The van der Waals surface area contributed by atoms with Crippen molar-refractivity contribution in [1.82, 2.24) is 20.0 Å². The SMILES string of the molecule is CN(CCn1cccn1)C(=O)C1CC2CCCCC2N1.Cl.Cl. The fourth-order valence-corrected chi connectivity index (χ4v) is 3.57. The highest BCUT2D eigenvalue weighted by molar-refractivity contribution is 5.85. The summed E-state index contributed by atoms with van der Waals surface area (Å²) in [5.41, 5.74) is 0. The fraction of sp³-hybridized carbons (Fsp3) is 0.733. The molecule has 3 rings (SSSR count). The maximum Gasteiger partial charge on any atom is 0.239 e. The molecule has 0 radical (unpaired) electrons. The summed E-state index contributed by atoms with van der Waals surface area (Å²) in [7, 11) is 1.90. The van der Waals surface area contributed by atoms with E-state index in [2.05, 4.69) is 10.4 Å². The van der Waals surface area contributed by atoms with Gasteiger partial charge < -0.3 is 10.2 Å². The Labute approximate surface area is 144 Å². The first kappa shape index (κ1) is 19.3. The Morgan fingerprint density at radius 1 is 1.36 bits per heavy atom. The highest BCUT2D eigenvalue weighted by atomic mass is 35.5. The van der Waals surface area contributed by atoms with Crippen molar-refractivity contribution >= 4 is 30.7 Å². The zero-order chi connectivity index (χ0) is 13.9. The van der Waals surface area contributed by atoms with Crippen molar-refractivity contribution in [1.29, 1.82) is 0 Å². The monoisotopic (exact) mass is 348 g/mol. The molecule has 3 atom stereocenters. The van der Waals surface area contributed by atoms with Gasteiger partial charge >= 0.3 is 0 Å². The van der Waals surface area contributed by atoms with Crippen LogP contribution in [-0.4, -0.2) is 46.3 Å². The van der Waals surface area contributed by atoms with Crippen molar-refractivity contribution in [3.8, 4) is 0 Å². The topological polar surface area (TPSA) is 50.2 Å². The Hall–Kier alpha value is -0.780. The third-order valence-corrected chi connectivity index (χ3v) is 4.76. The molecule has 1 saturated heterocycles. The first-order valence-electron chi connectivity index (χ1n) is 7.72. The van der Waals surface area contributed by atoms with Crippen LogP contribution in [0.3, 0.4) is 0 Å². The smallest absolute Gasteiger partial charge is 0.239 e. The highest BCUT2D eigenvalue weighted by Gasteiger charge is 2.38. The van der Waals surface area contributed by atoms with Gasteiger partial charge in [-0.3, -0.25) is 9.48 Å². The summed E-state index contributed by atoms with van der Waals surface area (Å²) in [6.07, 6.45) is 9.90. The molecule has 1 aromatic rings. The summed E-state index contributed by atoms with van der Waals surface area (Å²) in [4.78, 5) is 14.3. The van der Waals surface area contributed by atoms with Gasteiger partial charge in [0.25, 0.3) is 0 Å². The van der Waals surface area contributed by atoms with Gasteiger partial charge in [0.15, 0.2) is 0 Å². The Bertz CT molecular complexity index is 440. The lowest BCUT2D eigenvalue weighted by atomic mass is 9.85. The van der Waals surface area contributed by atoms with E-state index in [0.717, 1.165) is 18.9 Å². The number of carbonyl (C=O) groups is 1. The van der Waals surface area contributed by atoms with Gasteiger partial charge in [-0.05, 0) is 31.2 Å². The number of fused-ring (bicyclic) bond motifs is 1. The summed E-state index contributed by atoms with van der Waals surface area (Å²) in [6, 6.07) is 2.52. The van der Waals surface area contributed by atoms with Gasteiger partial charge in [-0.15, -0.1) is 24.8 Å². The number of rotatable bonds is 4. The van der Waals surface area contributed by atoms with Gasteiger partial charge in [-0.2, -0.15) is 5.10 Å². The van der Waals surface area contributed by atoms with Crippen molar-refractivity contribution in [2.75, 3.05) is 13.6 Å². The Morgan fingerprint density at radius 3 is 2.82 bits per heavy atom. The van der Waals surface area contributed by atoms with E-state index in [-0.39, 0.29) is 36.8 Å². The number of carbonyl (C=O) groups excluding carboxylic acids is 1. The molecule has 1 N–H and O–H groups in total. The van der Waals surface area contributed by atoms with Gasteiger partial charge in [0, 0.05) is 32.0 Å². The molecule has 2 fully saturated rings. The van der Waals surface area contributed by atoms with Gasteiger partial charge in [-0.25, -0.2) is 0 Å². The van der Waals surface area contributed by atoms with E-state index in [0.29, 0.717) is 12.6 Å². The van der Waals surface area contributed by atoms with Gasteiger partial charge in [0.05, 0.1) is 12.6 Å². The Morgan fingerprint density at radius 2 is 2.14 bits per heavy atom. The van der Waals surface area contributed by atoms with Crippen LogP contribution in [0.2, 0.25) is 0 Å². The van der Waals surface area contributed by atoms with Crippen molar-refractivity contribution < 1.29 is 4.79 Å². The lowest BCUT2D eigenvalue weighted by Crippen LogP contribution is -2.44. The molecule has 1 aromatic heterocycles. The minimum Gasteiger partial charge on any atom is -0.343 e. The molecule has 126 valence electrons. The molecule has 2 heterocycles. The number of hydrogen-bond donors (Lipinski definition) is 1. The maximum absolute atomic E-state index is 12.5. The number of likely N-dealkylation sites (N-methyl/N-ethyl adjacent to an activating group) is 1. The molecule has 0 bridgehead atoms. The quantitative estimate of drug-likeness (QED) is 0.906. The maximum atomic E-state index is 12.5. The third kappa shape index (κ3) is 4.37. The number of halogens is 2. The predicted molar refractivity (Wildman–Crippen MR) is 91.6 cm³/mol. The van der Waals surface area contributed by atoms with E-state index < -0.39 is 0 Å². The first-order chi connectivity index (χ1) is 9.74. The molecule has 1 saturated carbocycles. The summed E-state index contributed by atoms with van der Waals surface area (Å²) in [5, 5.41) is 7.72. The van der Waals surface area contributed by atoms with E-state index >= 15 is 0 Å². The van der Waals surface area contributed by atoms with E-state index in [1.807, 2.05) is 28.9 Å². The molecule has 2 aliphatic rings. The lowest BCUT2D eigenvalue weighted by molar-refractivity contribution is -0.132. The second kappa shape index (κ2) is 8.75. The van der Waals surface area contributed by atoms with Crippen LogP contribution in [0.1, 0.15) is 32.1 Å². The van der Waals surface area contributed by atoms with Crippen LogP contribution in [0.4, 0.5) is 0 Å². The molecule has 1 amide bonds. The van der Waals surface area contributed by atoms with Crippen LogP contribution in [0.25, 0.3) is 0 Å². The minimum atomic E-state index is 0. The normalized spacial score (nSPS) is 26.5. The largest absolute Gasteiger partial charge is 0.343 e. The molecule has 0 spiro atoms. The highest BCUT2D eigenvalue weighted by Crippen LogP contribution is 2.33. The second-order valence-corrected chi connectivity index (χ2v) is 6.13. The van der Waals surface area contributed by atoms with Crippen LogP contribution < -0.4 is 5.32 Å². The standard InChI is InChI=1S/C15H24N4O.2ClH/c1-18(9-10-19-8-4-7-16-19)15(20)14-11-12-5-2-3-6-13(12)17-14;;/h4,7-8,12-14,17H,2-3,5-6,9-11H2,1H3;2*1H. The number of nitrogens with one attached hydrogen (secondary N) is 1.